The number of anilines is 2. The Morgan fingerprint density at radius 2 is 2.33 bits per heavy atom. The Morgan fingerprint density at radius 3 is 2.93 bits per heavy atom. The Morgan fingerprint density at radius 1 is 1.60 bits per heavy atom. The largest absolute Gasteiger partial charge is 0.396 e. The van der Waals surface area contributed by atoms with E-state index < -0.39 is 0 Å². The zero-order valence-electron chi connectivity index (χ0n) is 9.03. The van der Waals surface area contributed by atoms with Gasteiger partial charge in [-0.2, -0.15) is 0 Å². The van der Waals surface area contributed by atoms with Gasteiger partial charge in [-0.1, -0.05) is 0 Å². The third kappa shape index (κ3) is 3.68. The summed E-state index contributed by atoms with van der Waals surface area (Å²) in [6.07, 6.45) is 1.74. The van der Waals surface area contributed by atoms with Crippen LogP contribution in [0.4, 0.5) is 11.5 Å². The summed E-state index contributed by atoms with van der Waals surface area (Å²) < 4.78 is 6.16. The number of hydrogen-bond donors (Lipinski definition) is 1. The fourth-order valence-electron chi connectivity index (χ4n) is 1.22. The lowest BCUT2D eigenvalue weighted by atomic mass is 10.3. The monoisotopic (exact) mass is 273 g/mol. The average molecular weight is 274 g/mol. The number of rotatable bonds is 5. The molecule has 0 radical (unpaired) electrons. The number of hydrogen-bond acceptors (Lipinski definition) is 4. The molecule has 0 fully saturated rings. The smallest absolute Gasteiger partial charge is 0.151 e. The minimum absolute atomic E-state index is 0.670. The normalized spacial score (nSPS) is 10.3. The van der Waals surface area contributed by atoms with E-state index in [1.54, 1.807) is 6.20 Å². The van der Waals surface area contributed by atoms with Crippen molar-refractivity contribution in [3.05, 3.63) is 16.7 Å². The van der Waals surface area contributed by atoms with Gasteiger partial charge in [-0.15, -0.1) is 0 Å². The Balaban J connectivity index is 2.61. The van der Waals surface area contributed by atoms with Crippen LogP contribution in [-0.2, 0) is 4.74 Å². The van der Waals surface area contributed by atoms with E-state index in [2.05, 4.69) is 20.9 Å². The van der Waals surface area contributed by atoms with Crippen LogP contribution >= 0.6 is 15.9 Å². The van der Waals surface area contributed by atoms with Gasteiger partial charge in [-0.25, -0.2) is 4.98 Å². The zero-order chi connectivity index (χ0) is 11.3. The van der Waals surface area contributed by atoms with Crippen LogP contribution < -0.4 is 10.6 Å². The summed E-state index contributed by atoms with van der Waals surface area (Å²) >= 11 is 3.32. The minimum Gasteiger partial charge on any atom is -0.396 e. The van der Waals surface area contributed by atoms with Gasteiger partial charge < -0.3 is 15.4 Å². The van der Waals surface area contributed by atoms with E-state index in [-0.39, 0.29) is 0 Å². The molecule has 0 aromatic carbocycles. The third-order valence-electron chi connectivity index (χ3n) is 2.00. The predicted octanol–water partition coefficient (Wildman–Crippen LogP) is 1.90. The molecule has 1 aromatic heterocycles. The third-order valence-corrected chi connectivity index (χ3v) is 2.43. The topological polar surface area (TPSA) is 51.4 Å². The van der Waals surface area contributed by atoms with E-state index in [1.165, 1.54) is 0 Å². The second-order valence-corrected chi connectivity index (χ2v) is 4.10. The van der Waals surface area contributed by atoms with Crippen LogP contribution in [-0.4, -0.2) is 31.8 Å². The molecular formula is C10H16BrN3O. The second-order valence-electron chi connectivity index (χ2n) is 3.18. The van der Waals surface area contributed by atoms with Gasteiger partial charge >= 0.3 is 0 Å². The van der Waals surface area contributed by atoms with E-state index in [9.17, 15) is 0 Å². The maximum Gasteiger partial charge on any atom is 0.151 e. The molecule has 1 aromatic rings. The number of likely N-dealkylation sites (N-methyl/N-ethyl adjacent to an activating group) is 1. The van der Waals surface area contributed by atoms with Crippen molar-refractivity contribution in [3.8, 4) is 0 Å². The molecule has 1 rings (SSSR count). The molecule has 84 valence electrons. The summed E-state index contributed by atoms with van der Waals surface area (Å²) in [6.45, 7) is 4.18. The highest BCUT2D eigenvalue weighted by Gasteiger charge is 2.06. The molecule has 0 saturated carbocycles. The molecule has 0 aliphatic rings. The summed E-state index contributed by atoms with van der Waals surface area (Å²) in [5, 5.41) is 0. The van der Waals surface area contributed by atoms with Gasteiger partial charge in [-0.3, -0.25) is 0 Å². The first-order valence-electron chi connectivity index (χ1n) is 4.85. The van der Waals surface area contributed by atoms with Gasteiger partial charge in [0, 0.05) is 30.9 Å². The number of halogens is 1. The van der Waals surface area contributed by atoms with E-state index >= 15 is 0 Å². The van der Waals surface area contributed by atoms with Crippen LogP contribution in [0.5, 0.6) is 0 Å². The summed E-state index contributed by atoms with van der Waals surface area (Å²) in [7, 11) is 1.95. The summed E-state index contributed by atoms with van der Waals surface area (Å²) in [6, 6.07) is 1.85. The van der Waals surface area contributed by atoms with E-state index in [0.29, 0.717) is 12.3 Å². The molecule has 0 unspecified atom stereocenters. The molecule has 0 saturated heterocycles. The first-order valence-corrected chi connectivity index (χ1v) is 5.64. The quantitative estimate of drug-likeness (QED) is 0.833. The minimum atomic E-state index is 0.670. The molecule has 4 nitrogen and oxygen atoms in total. The maximum absolute atomic E-state index is 5.85. The highest BCUT2D eigenvalue weighted by atomic mass is 79.9. The van der Waals surface area contributed by atoms with E-state index in [0.717, 1.165) is 23.4 Å². The van der Waals surface area contributed by atoms with Crippen molar-refractivity contribution in [3.63, 3.8) is 0 Å². The second kappa shape index (κ2) is 5.92. The highest BCUT2D eigenvalue weighted by Crippen LogP contribution is 2.22. The lowest BCUT2D eigenvalue weighted by molar-refractivity contribution is 0.154. The van der Waals surface area contributed by atoms with Crippen LogP contribution in [0.15, 0.2) is 16.7 Å². The van der Waals surface area contributed by atoms with Crippen LogP contribution in [0.2, 0.25) is 0 Å². The molecule has 1 heterocycles. The van der Waals surface area contributed by atoms with Gasteiger partial charge in [0.15, 0.2) is 5.82 Å². The standard InChI is InChI=1S/C10H16BrN3O/c1-3-15-5-4-14(2)10-9(12)6-8(11)7-13-10/h6-7H,3-5,12H2,1-2H3. The maximum atomic E-state index is 5.85. The van der Waals surface area contributed by atoms with Crippen molar-refractivity contribution in [2.45, 2.75) is 6.92 Å². The van der Waals surface area contributed by atoms with Crippen LogP contribution in [0, 0.1) is 0 Å². The van der Waals surface area contributed by atoms with Crippen molar-refractivity contribution in [1.82, 2.24) is 4.98 Å². The van der Waals surface area contributed by atoms with E-state index in [1.807, 2.05) is 24.9 Å². The van der Waals surface area contributed by atoms with Gasteiger partial charge in [0.1, 0.15) is 0 Å². The first-order chi connectivity index (χ1) is 7.15. The summed E-state index contributed by atoms with van der Waals surface area (Å²) in [5.41, 5.74) is 6.52. The Hall–Kier alpha value is -0.810. The summed E-state index contributed by atoms with van der Waals surface area (Å²) in [5.74, 6) is 0.790. The molecule has 0 spiro atoms. The summed E-state index contributed by atoms with van der Waals surface area (Å²) in [4.78, 5) is 6.24. The van der Waals surface area contributed by atoms with Crippen molar-refractivity contribution in [2.75, 3.05) is 37.4 Å². The van der Waals surface area contributed by atoms with Crippen molar-refractivity contribution in [1.29, 1.82) is 0 Å². The average Bonchev–Trinajstić information content (AvgIpc) is 2.17. The molecule has 5 heteroatoms. The Labute approximate surface area is 98.6 Å². The highest BCUT2D eigenvalue weighted by molar-refractivity contribution is 9.10. The number of nitrogen functional groups attached to an aromatic ring is 1. The Kier molecular flexibility index (Phi) is 4.84. The SMILES string of the molecule is CCOCCN(C)c1ncc(Br)cc1N. The number of pyridine rings is 1. The molecule has 0 aliphatic heterocycles. The van der Waals surface area contributed by atoms with Crippen molar-refractivity contribution in [2.24, 2.45) is 0 Å². The molecular weight excluding hydrogens is 258 g/mol. The molecule has 2 N–H and O–H groups in total. The molecule has 0 bridgehead atoms. The van der Waals surface area contributed by atoms with Crippen LogP contribution in [0.25, 0.3) is 0 Å². The number of nitrogens with two attached hydrogens (primary N) is 1. The lowest BCUT2D eigenvalue weighted by Gasteiger charge is -2.19. The number of aromatic nitrogens is 1. The first kappa shape index (κ1) is 12.3. The molecule has 0 amide bonds. The van der Waals surface area contributed by atoms with Gasteiger partial charge in [0.25, 0.3) is 0 Å². The van der Waals surface area contributed by atoms with Gasteiger partial charge in [-0.05, 0) is 28.9 Å². The molecule has 15 heavy (non-hydrogen) atoms. The van der Waals surface area contributed by atoms with Crippen LogP contribution in [0.1, 0.15) is 6.92 Å². The predicted molar refractivity (Wildman–Crippen MR) is 66.1 cm³/mol. The van der Waals surface area contributed by atoms with Crippen molar-refractivity contribution >= 4 is 27.4 Å². The molecule has 0 aliphatic carbocycles. The number of nitrogens with zero attached hydrogens (tertiary/aromatic N) is 2. The lowest BCUT2D eigenvalue weighted by Crippen LogP contribution is -2.24. The Bertz CT molecular complexity index is 320. The van der Waals surface area contributed by atoms with E-state index in [4.69, 9.17) is 10.5 Å². The zero-order valence-corrected chi connectivity index (χ0v) is 10.6. The fourth-order valence-corrected chi connectivity index (χ4v) is 1.57. The van der Waals surface area contributed by atoms with Gasteiger partial charge in [0.05, 0.1) is 12.3 Å². The van der Waals surface area contributed by atoms with Crippen LogP contribution in [0.3, 0.4) is 0 Å². The molecule has 0 atom stereocenters. The fraction of sp³-hybridized carbons (Fsp3) is 0.500. The number of ether oxygens (including phenoxy) is 1. The van der Waals surface area contributed by atoms with Gasteiger partial charge in [0.2, 0.25) is 0 Å². The van der Waals surface area contributed by atoms with Crippen molar-refractivity contribution < 1.29 is 4.74 Å².